The Kier molecular flexibility index (Phi) is 3.65. The Balaban J connectivity index is 2.21. The number of nitrogens with two attached hydrogens (primary N) is 1. The minimum Gasteiger partial charge on any atom is -0.409 e. The normalized spacial score (nSPS) is 11.7. The molecule has 0 spiro atoms. The first kappa shape index (κ1) is 13.3. The average Bonchev–Trinajstić information content (AvgIpc) is 2.55. The van der Waals surface area contributed by atoms with Gasteiger partial charge < -0.3 is 10.9 Å². The summed E-state index contributed by atoms with van der Waals surface area (Å²) in [6.45, 7) is 0. The first-order valence-electron chi connectivity index (χ1n) is 6.09. The number of nitrogens with zero attached hydrogens (tertiary/aromatic N) is 4. The molecule has 2 aromatic heterocycles. The lowest BCUT2D eigenvalue weighted by Crippen LogP contribution is -2.15. The summed E-state index contributed by atoms with van der Waals surface area (Å²) < 4.78 is 0. The maximum absolute atomic E-state index is 8.95. The predicted octanol–water partition coefficient (Wildman–Crippen LogP) is 2.27. The van der Waals surface area contributed by atoms with Gasteiger partial charge in [-0.25, -0.2) is 4.98 Å². The van der Waals surface area contributed by atoms with Crippen molar-refractivity contribution in [2.24, 2.45) is 10.9 Å². The molecule has 6 nitrogen and oxygen atoms in total. The van der Waals surface area contributed by atoms with Gasteiger partial charge in [-0.3, -0.25) is 9.97 Å². The summed E-state index contributed by atoms with van der Waals surface area (Å²) in [5.41, 5.74) is 7.14. The highest BCUT2D eigenvalue weighted by Crippen LogP contribution is 2.34. The molecule has 0 saturated heterocycles. The fourth-order valence-electron chi connectivity index (χ4n) is 1.90. The summed E-state index contributed by atoms with van der Waals surface area (Å²) in [6.07, 6.45) is 6.49. The van der Waals surface area contributed by atoms with Crippen LogP contribution in [0.2, 0.25) is 0 Å². The van der Waals surface area contributed by atoms with E-state index in [2.05, 4.69) is 20.1 Å². The standard InChI is InChI=1S/C14H11N5OS/c15-14(19-20)10-7-18-11-4-2-1-3-9(11)13(10)21-12-8-16-5-6-17-12/h1-8,20H,(H2,15,19). The Labute approximate surface area is 124 Å². The molecule has 0 aliphatic heterocycles. The van der Waals surface area contributed by atoms with Crippen LogP contribution in [0.4, 0.5) is 0 Å². The molecule has 0 aliphatic rings. The second-order valence-corrected chi connectivity index (χ2v) is 5.18. The molecule has 7 heteroatoms. The van der Waals surface area contributed by atoms with Crippen LogP contribution < -0.4 is 5.73 Å². The number of para-hydroxylation sites is 1. The van der Waals surface area contributed by atoms with Crippen LogP contribution in [0.15, 0.2) is 64.1 Å². The first-order valence-corrected chi connectivity index (χ1v) is 6.91. The van der Waals surface area contributed by atoms with Gasteiger partial charge in [-0.1, -0.05) is 35.1 Å². The van der Waals surface area contributed by atoms with Gasteiger partial charge in [0.25, 0.3) is 0 Å². The van der Waals surface area contributed by atoms with E-state index < -0.39 is 0 Å². The van der Waals surface area contributed by atoms with Crippen LogP contribution in [0.25, 0.3) is 10.9 Å². The van der Waals surface area contributed by atoms with Gasteiger partial charge in [0.1, 0.15) is 5.03 Å². The first-order chi connectivity index (χ1) is 10.3. The van der Waals surface area contributed by atoms with Crippen LogP contribution in [-0.2, 0) is 0 Å². The highest BCUT2D eigenvalue weighted by atomic mass is 32.2. The third-order valence-electron chi connectivity index (χ3n) is 2.86. The van der Waals surface area contributed by atoms with Crippen molar-refractivity contribution < 1.29 is 5.21 Å². The number of amidine groups is 1. The lowest BCUT2D eigenvalue weighted by atomic mass is 10.1. The van der Waals surface area contributed by atoms with Crippen LogP contribution in [0.1, 0.15) is 5.56 Å². The summed E-state index contributed by atoms with van der Waals surface area (Å²) in [5.74, 6) is 0.0136. The molecule has 0 atom stereocenters. The second kappa shape index (κ2) is 5.76. The quantitative estimate of drug-likeness (QED) is 0.333. The van der Waals surface area contributed by atoms with Crippen LogP contribution in [-0.4, -0.2) is 26.0 Å². The molecule has 3 aromatic rings. The molecular weight excluding hydrogens is 286 g/mol. The van der Waals surface area contributed by atoms with Crippen molar-refractivity contribution in [3.05, 3.63) is 54.6 Å². The summed E-state index contributed by atoms with van der Waals surface area (Å²) >= 11 is 1.40. The van der Waals surface area contributed by atoms with E-state index in [1.807, 2.05) is 24.3 Å². The Morgan fingerprint density at radius 3 is 2.76 bits per heavy atom. The topological polar surface area (TPSA) is 97.3 Å². The van der Waals surface area contributed by atoms with E-state index in [1.54, 1.807) is 24.8 Å². The van der Waals surface area contributed by atoms with Crippen molar-refractivity contribution in [3.8, 4) is 0 Å². The maximum Gasteiger partial charge on any atom is 0.172 e. The highest BCUT2D eigenvalue weighted by molar-refractivity contribution is 7.99. The third kappa shape index (κ3) is 2.63. The van der Waals surface area contributed by atoms with Crippen molar-refractivity contribution in [2.75, 3.05) is 0 Å². The van der Waals surface area contributed by atoms with E-state index in [1.165, 1.54) is 11.8 Å². The van der Waals surface area contributed by atoms with E-state index >= 15 is 0 Å². The molecule has 0 amide bonds. The van der Waals surface area contributed by atoms with E-state index in [0.29, 0.717) is 5.56 Å². The number of fused-ring (bicyclic) bond motifs is 1. The van der Waals surface area contributed by atoms with Crippen molar-refractivity contribution in [1.29, 1.82) is 0 Å². The summed E-state index contributed by atoms with van der Waals surface area (Å²) in [7, 11) is 0. The van der Waals surface area contributed by atoms with Gasteiger partial charge in [-0.15, -0.1) is 0 Å². The number of pyridine rings is 1. The third-order valence-corrected chi connectivity index (χ3v) is 3.92. The molecule has 0 radical (unpaired) electrons. The summed E-state index contributed by atoms with van der Waals surface area (Å²) in [4.78, 5) is 13.5. The molecule has 21 heavy (non-hydrogen) atoms. The van der Waals surface area contributed by atoms with Crippen molar-refractivity contribution in [2.45, 2.75) is 9.92 Å². The molecule has 0 aliphatic carbocycles. The smallest absolute Gasteiger partial charge is 0.172 e. The van der Waals surface area contributed by atoms with Crippen LogP contribution in [0, 0.1) is 0 Å². The van der Waals surface area contributed by atoms with Crippen LogP contribution in [0.5, 0.6) is 0 Å². The van der Waals surface area contributed by atoms with Gasteiger partial charge in [0.05, 0.1) is 17.3 Å². The van der Waals surface area contributed by atoms with Crippen molar-refractivity contribution in [1.82, 2.24) is 15.0 Å². The fourth-order valence-corrected chi connectivity index (χ4v) is 2.89. The lowest BCUT2D eigenvalue weighted by Gasteiger charge is -2.10. The van der Waals surface area contributed by atoms with Gasteiger partial charge in [0.2, 0.25) is 0 Å². The minimum atomic E-state index is 0.0136. The average molecular weight is 297 g/mol. The summed E-state index contributed by atoms with van der Waals surface area (Å²) in [5, 5.41) is 13.7. The van der Waals surface area contributed by atoms with Gasteiger partial charge in [0, 0.05) is 28.9 Å². The second-order valence-electron chi connectivity index (χ2n) is 4.15. The molecule has 0 saturated carbocycles. The Bertz CT molecular complexity index is 807. The number of hydrogen-bond donors (Lipinski definition) is 2. The fraction of sp³-hybridized carbons (Fsp3) is 0. The number of oxime groups is 1. The molecular formula is C14H11N5OS. The number of aromatic nitrogens is 3. The van der Waals surface area contributed by atoms with E-state index in [9.17, 15) is 0 Å². The Morgan fingerprint density at radius 1 is 1.14 bits per heavy atom. The molecule has 1 aromatic carbocycles. The van der Waals surface area contributed by atoms with Crippen LogP contribution >= 0.6 is 11.8 Å². The largest absolute Gasteiger partial charge is 0.409 e. The molecule has 3 N–H and O–H groups in total. The van der Waals surface area contributed by atoms with Gasteiger partial charge in [-0.2, -0.15) is 0 Å². The maximum atomic E-state index is 8.95. The molecule has 0 unspecified atom stereocenters. The zero-order valence-electron chi connectivity index (χ0n) is 10.8. The van der Waals surface area contributed by atoms with Crippen molar-refractivity contribution in [3.63, 3.8) is 0 Å². The zero-order valence-corrected chi connectivity index (χ0v) is 11.7. The Morgan fingerprint density at radius 2 is 2.00 bits per heavy atom. The monoisotopic (exact) mass is 297 g/mol. The van der Waals surface area contributed by atoms with Crippen LogP contribution in [0.3, 0.4) is 0 Å². The highest BCUT2D eigenvalue weighted by Gasteiger charge is 2.14. The summed E-state index contributed by atoms with van der Waals surface area (Å²) in [6, 6.07) is 7.68. The number of hydrogen-bond acceptors (Lipinski definition) is 6. The lowest BCUT2D eigenvalue weighted by molar-refractivity contribution is 0.318. The number of benzene rings is 1. The van der Waals surface area contributed by atoms with Crippen molar-refractivity contribution >= 4 is 28.5 Å². The molecule has 0 fully saturated rings. The van der Waals surface area contributed by atoms with E-state index in [4.69, 9.17) is 10.9 Å². The van der Waals surface area contributed by atoms with E-state index in [-0.39, 0.29) is 5.84 Å². The minimum absolute atomic E-state index is 0.0136. The molecule has 0 bridgehead atoms. The zero-order chi connectivity index (χ0) is 14.7. The van der Waals surface area contributed by atoms with Gasteiger partial charge >= 0.3 is 0 Å². The number of rotatable bonds is 3. The van der Waals surface area contributed by atoms with E-state index in [0.717, 1.165) is 20.8 Å². The molecule has 3 rings (SSSR count). The Hall–Kier alpha value is -2.67. The van der Waals surface area contributed by atoms with Gasteiger partial charge in [0.15, 0.2) is 5.84 Å². The predicted molar refractivity (Wildman–Crippen MR) is 80.4 cm³/mol. The molecule has 2 heterocycles. The SMILES string of the molecule is NC(=NO)c1cnc2ccccc2c1Sc1cnccn1. The molecule has 104 valence electrons. The van der Waals surface area contributed by atoms with Gasteiger partial charge in [-0.05, 0) is 6.07 Å².